The zero-order chi connectivity index (χ0) is 26.9. The lowest BCUT2D eigenvalue weighted by Gasteiger charge is -2.55. The Hall–Kier alpha value is -2.59. The molecule has 0 radical (unpaired) electrons. The van der Waals surface area contributed by atoms with Gasteiger partial charge in [0.1, 0.15) is 0 Å². The van der Waals surface area contributed by atoms with E-state index in [9.17, 15) is 31.1 Å². The maximum absolute atomic E-state index is 13.3. The number of carbonyl (C=O) groups is 1. The van der Waals surface area contributed by atoms with Gasteiger partial charge in [-0.2, -0.15) is 26.3 Å². The van der Waals surface area contributed by atoms with E-state index in [4.69, 9.17) is 10.5 Å². The van der Waals surface area contributed by atoms with Crippen molar-refractivity contribution in [3.8, 4) is 0 Å². The number of alkyl halides is 6. The fourth-order valence-corrected chi connectivity index (χ4v) is 4.66. The van der Waals surface area contributed by atoms with Gasteiger partial charge < -0.3 is 15.8 Å². The molecule has 36 heavy (non-hydrogen) atoms. The summed E-state index contributed by atoms with van der Waals surface area (Å²) in [5.41, 5.74) is 3.10. The molecule has 1 atom stereocenters. The molecule has 2 aromatic rings. The van der Waals surface area contributed by atoms with Crippen LogP contribution in [0.3, 0.4) is 0 Å². The quantitative estimate of drug-likeness (QED) is 0.423. The van der Waals surface area contributed by atoms with Crippen molar-refractivity contribution in [1.29, 1.82) is 0 Å². The Labute approximate surface area is 206 Å². The SMILES string of the molecule is CC(C)C(=O)NC[C@]1(N)C[C@@](CO[C@H](C)c2cc(C(F)(F)F)cc(C(F)(F)F)c2)(c2ccccc2)C1. The summed E-state index contributed by atoms with van der Waals surface area (Å²) in [7, 11) is 0. The van der Waals surface area contributed by atoms with Gasteiger partial charge in [-0.15, -0.1) is 0 Å². The maximum Gasteiger partial charge on any atom is 0.416 e. The van der Waals surface area contributed by atoms with E-state index in [1.165, 1.54) is 6.92 Å². The molecule has 1 aliphatic rings. The highest BCUT2D eigenvalue weighted by Crippen LogP contribution is 2.50. The Morgan fingerprint density at radius 3 is 1.97 bits per heavy atom. The van der Waals surface area contributed by atoms with Crippen LogP contribution in [0, 0.1) is 5.92 Å². The summed E-state index contributed by atoms with van der Waals surface area (Å²) in [6, 6.07) is 10.7. The van der Waals surface area contributed by atoms with E-state index >= 15 is 0 Å². The number of amides is 1. The summed E-state index contributed by atoms with van der Waals surface area (Å²) in [6.07, 6.45) is -10.1. The molecule has 198 valence electrons. The van der Waals surface area contributed by atoms with E-state index in [1.807, 2.05) is 30.3 Å². The topological polar surface area (TPSA) is 64.4 Å². The second-order valence-electron chi connectivity index (χ2n) is 10.0. The van der Waals surface area contributed by atoms with Crippen molar-refractivity contribution in [1.82, 2.24) is 5.32 Å². The van der Waals surface area contributed by atoms with E-state index < -0.39 is 40.5 Å². The number of carbonyl (C=O) groups excluding carboxylic acids is 1. The number of halogens is 6. The average molecular weight is 517 g/mol. The fourth-order valence-electron chi connectivity index (χ4n) is 4.66. The van der Waals surface area contributed by atoms with E-state index in [1.54, 1.807) is 13.8 Å². The number of hydrogen-bond acceptors (Lipinski definition) is 3. The van der Waals surface area contributed by atoms with Crippen LogP contribution in [0.15, 0.2) is 48.5 Å². The van der Waals surface area contributed by atoms with Crippen LogP contribution in [0.2, 0.25) is 0 Å². The lowest BCUT2D eigenvalue weighted by atomic mass is 9.55. The minimum Gasteiger partial charge on any atom is -0.373 e. The number of ether oxygens (including phenoxy) is 1. The third-order valence-electron chi connectivity index (χ3n) is 6.60. The van der Waals surface area contributed by atoms with Crippen LogP contribution in [-0.4, -0.2) is 24.6 Å². The smallest absolute Gasteiger partial charge is 0.373 e. The first-order chi connectivity index (χ1) is 16.5. The van der Waals surface area contributed by atoms with Gasteiger partial charge in [-0.25, -0.2) is 0 Å². The molecule has 0 unspecified atom stereocenters. The van der Waals surface area contributed by atoms with E-state index in [2.05, 4.69) is 5.32 Å². The van der Waals surface area contributed by atoms with Crippen molar-refractivity contribution in [2.75, 3.05) is 13.2 Å². The first-order valence-corrected chi connectivity index (χ1v) is 11.6. The Morgan fingerprint density at radius 2 is 1.50 bits per heavy atom. The lowest BCUT2D eigenvalue weighted by molar-refractivity contribution is -0.143. The second kappa shape index (κ2) is 10.0. The molecule has 3 rings (SSSR count). The molecule has 4 nitrogen and oxygen atoms in total. The Morgan fingerprint density at radius 1 is 0.972 bits per heavy atom. The summed E-state index contributed by atoms with van der Waals surface area (Å²) in [4.78, 5) is 12.0. The molecule has 10 heteroatoms. The van der Waals surface area contributed by atoms with Crippen LogP contribution in [0.5, 0.6) is 0 Å². The minimum atomic E-state index is -4.94. The Kier molecular flexibility index (Phi) is 7.81. The van der Waals surface area contributed by atoms with E-state index in [0.29, 0.717) is 25.0 Å². The van der Waals surface area contributed by atoms with Gasteiger partial charge in [0.25, 0.3) is 0 Å². The van der Waals surface area contributed by atoms with Gasteiger partial charge >= 0.3 is 12.4 Å². The highest BCUT2D eigenvalue weighted by molar-refractivity contribution is 5.77. The minimum absolute atomic E-state index is 0.0346. The monoisotopic (exact) mass is 516 g/mol. The summed E-state index contributed by atoms with van der Waals surface area (Å²) in [5.74, 6) is -0.335. The molecule has 1 saturated carbocycles. The van der Waals surface area contributed by atoms with Crippen molar-refractivity contribution in [3.63, 3.8) is 0 Å². The van der Waals surface area contributed by atoms with Gasteiger partial charge in [0, 0.05) is 23.4 Å². The zero-order valence-electron chi connectivity index (χ0n) is 20.3. The predicted octanol–water partition coefficient (Wildman–Crippen LogP) is 6.00. The molecular weight excluding hydrogens is 486 g/mol. The highest BCUT2D eigenvalue weighted by Gasteiger charge is 2.53. The second-order valence-corrected chi connectivity index (χ2v) is 10.0. The van der Waals surface area contributed by atoms with Gasteiger partial charge in [-0.05, 0) is 49.1 Å². The van der Waals surface area contributed by atoms with Gasteiger partial charge in [0.15, 0.2) is 0 Å². The lowest BCUT2D eigenvalue weighted by Crippen LogP contribution is -2.66. The Balaban J connectivity index is 1.81. The summed E-state index contributed by atoms with van der Waals surface area (Å²) in [6.45, 7) is 5.23. The van der Waals surface area contributed by atoms with E-state index in [0.717, 1.165) is 5.56 Å². The number of benzene rings is 2. The molecule has 1 fully saturated rings. The third kappa shape index (κ3) is 6.39. The average Bonchev–Trinajstić information content (AvgIpc) is 2.78. The molecule has 2 aromatic carbocycles. The summed E-state index contributed by atoms with van der Waals surface area (Å²) >= 11 is 0. The van der Waals surface area contributed by atoms with Crippen molar-refractivity contribution in [2.45, 2.75) is 63.0 Å². The first kappa shape index (κ1) is 28.0. The molecule has 0 saturated heterocycles. The molecule has 0 spiro atoms. The normalized spacial score (nSPS) is 23.3. The molecule has 0 heterocycles. The third-order valence-corrected chi connectivity index (χ3v) is 6.60. The summed E-state index contributed by atoms with van der Waals surface area (Å²) < 4.78 is 85.5. The number of hydrogen-bond donors (Lipinski definition) is 2. The number of rotatable bonds is 8. The van der Waals surface area contributed by atoms with Gasteiger partial charge in [0.2, 0.25) is 5.91 Å². The van der Waals surface area contributed by atoms with Crippen molar-refractivity contribution in [2.24, 2.45) is 11.7 Å². The number of nitrogens with two attached hydrogens (primary N) is 1. The molecular formula is C26H30F6N2O2. The fraction of sp³-hybridized carbons (Fsp3) is 0.500. The van der Waals surface area contributed by atoms with Crippen molar-refractivity contribution < 1.29 is 35.9 Å². The van der Waals surface area contributed by atoms with Crippen LogP contribution in [0.25, 0.3) is 0 Å². The van der Waals surface area contributed by atoms with Crippen LogP contribution < -0.4 is 11.1 Å². The van der Waals surface area contributed by atoms with Gasteiger partial charge in [-0.3, -0.25) is 4.79 Å². The molecule has 0 aliphatic heterocycles. The van der Waals surface area contributed by atoms with Crippen LogP contribution >= 0.6 is 0 Å². The molecule has 3 N–H and O–H groups in total. The van der Waals surface area contributed by atoms with Crippen LogP contribution in [0.4, 0.5) is 26.3 Å². The van der Waals surface area contributed by atoms with Gasteiger partial charge in [0.05, 0.1) is 23.8 Å². The van der Waals surface area contributed by atoms with Crippen molar-refractivity contribution >= 4 is 5.91 Å². The largest absolute Gasteiger partial charge is 0.416 e. The van der Waals surface area contributed by atoms with E-state index in [-0.39, 0.29) is 36.6 Å². The molecule has 1 aliphatic carbocycles. The first-order valence-electron chi connectivity index (χ1n) is 11.6. The molecule has 0 bridgehead atoms. The van der Waals surface area contributed by atoms with Crippen LogP contribution in [0.1, 0.15) is 62.0 Å². The van der Waals surface area contributed by atoms with Gasteiger partial charge in [-0.1, -0.05) is 44.2 Å². The standard InChI is InChI=1S/C26H30F6N2O2/c1-16(2)22(35)34-14-24(33)12-23(13-24,19-7-5-4-6-8-19)15-36-17(3)18-9-20(25(27,28)29)11-21(10-18)26(30,31)32/h4-11,16-17H,12-15,33H2,1-3H3,(H,34,35)/t17-,23-,24+/m1/s1. The van der Waals surface area contributed by atoms with Crippen molar-refractivity contribution in [3.05, 3.63) is 70.8 Å². The predicted molar refractivity (Wildman–Crippen MR) is 123 cm³/mol. The maximum atomic E-state index is 13.3. The van der Waals surface area contributed by atoms with Crippen LogP contribution in [-0.2, 0) is 27.3 Å². The molecule has 1 amide bonds. The highest BCUT2D eigenvalue weighted by atomic mass is 19.4. The molecule has 0 aromatic heterocycles. The zero-order valence-corrected chi connectivity index (χ0v) is 20.3. The summed E-state index contributed by atoms with van der Waals surface area (Å²) in [5, 5.41) is 2.83. The number of nitrogens with one attached hydrogen (secondary N) is 1. The Bertz CT molecular complexity index is 1030.